The van der Waals surface area contributed by atoms with Crippen LogP contribution in [0.5, 0.6) is 11.6 Å². The van der Waals surface area contributed by atoms with Gasteiger partial charge in [0.25, 0.3) is 5.91 Å². The van der Waals surface area contributed by atoms with Crippen LogP contribution in [0.2, 0.25) is 0 Å². The molecule has 2 aromatic carbocycles. The second-order valence-electron chi connectivity index (χ2n) is 22.9. The molecular formula is C62H89N13O9S3. The molecular weight excluding hydrogens is 1170 g/mol. The number of carbonyl (C=O) groups excluding carboxylic acids is 6. The van der Waals surface area contributed by atoms with Crippen molar-refractivity contribution in [1.82, 2.24) is 61.3 Å². The normalized spacial score (nSPS) is 17.4. The van der Waals surface area contributed by atoms with E-state index in [1.807, 2.05) is 57.0 Å². The zero-order valence-corrected chi connectivity index (χ0v) is 53.8. The first kappa shape index (κ1) is 68.0. The molecule has 2 aliphatic rings. The standard InChI is InChI=1S/C62H89N13O9S3/c1-8-25-75(61(82)53(39(6)10-3)71-58(81)48-14-11-12-26-74(48)7)49(38(4)5)33-50(83-27-9-2)60-70-47(36-85-60)57(80)69-43-30-42-21-22-44(76)32-45(42)46(31-43)56(79)65-24-29-87-86-28-23-64-51(77)15-13-16-52(78)66-34-40-17-19-41(20-18-40)35-84-59-54-55(68-37-67-54)72-62(63)73-59/h17-22,32,36-39,43,46,48-50,53,76H,8-16,23-31,33-35H2,1-7H3,(H,64,77)(H,65,79)(H,66,78)(H,69,80)(H,71,81)(H3,63,67,68,72,73)/t39-,43-,46+,48+,49+,50+,53-/m0/s1. The van der Waals surface area contributed by atoms with Crippen LogP contribution in [0.4, 0.5) is 5.95 Å². The van der Waals surface area contributed by atoms with Gasteiger partial charge in [-0.25, -0.2) is 9.97 Å². The summed E-state index contributed by atoms with van der Waals surface area (Å²) in [4.78, 5) is 106. The number of fused-ring (bicyclic) bond motifs is 2. The van der Waals surface area contributed by atoms with Crippen LogP contribution in [-0.2, 0) is 48.3 Å². The van der Waals surface area contributed by atoms with Gasteiger partial charge in [0.2, 0.25) is 41.4 Å². The molecule has 7 rings (SSSR count). The Hall–Kier alpha value is -6.54. The molecule has 0 radical (unpaired) electrons. The molecule has 87 heavy (non-hydrogen) atoms. The molecule has 0 bridgehead atoms. The van der Waals surface area contributed by atoms with E-state index in [2.05, 4.69) is 72.2 Å². The third-order valence-electron chi connectivity index (χ3n) is 16.0. The topological polar surface area (TPSA) is 301 Å². The highest BCUT2D eigenvalue weighted by atomic mass is 33.1. The molecule has 7 atom stereocenters. The summed E-state index contributed by atoms with van der Waals surface area (Å²) < 4.78 is 12.3. The van der Waals surface area contributed by atoms with Crippen molar-refractivity contribution < 1.29 is 43.3 Å². The number of phenolic OH excluding ortho intramolecular Hbond substituents is 1. The molecule has 474 valence electrons. The number of likely N-dealkylation sites (N-methyl/N-ethyl adjacent to an activating group) is 1. The summed E-state index contributed by atoms with van der Waals surface area (Å²) in [7, 11) is 5.14. The van der Waals surface area contributed by atoms with Gasteiger partial charge in [0, 0.05) is 81.0 Å². The van der Waals surface area contributed by atoms with Gasteiger partial charge in [0.15, 0.2) is 11.2 Å². The predicted molar refractivity (Wildman–Crippen MR) is 342 cm³/mol. The van der Waals surface area contributed by atoms with Crippen LogP contribution < -0.4 is 37.1 Å². The number of anilines is 1. The van der Waals surface area contributed by atoms with Crippen LogP contribution in [0.15, 0.2) is 54.2 Å². The fourth-order valence-corrected chi connectivity index (χ4v) is 13.7. The minimum Gasteiger partial charge on any atom is -0.508 e. The molecule has 9 N–H and O–H groups in total. The molecule has 25 heteroatoms. The summed E-state index contributed by atoms with van der Waals surface area (Å²) in [6.45, 7) is 15.6. The van der Waals surface area contributed by atoms with E-state index in [1.165, 1.54) is 17.7 Å². The van der Waals surface area contributed by atoms with E-state index < -0.39 is 24.1 Å². The Kier molecular flexibility index (Phi) is 26.8. The quantitative estimate of drug-likeness (QED) is 0.0144. The maximum absolute atomic E-state index is 14.8. The maximum Gasteiger partial charge on any atom is 0.270 e. The molecule has 0 unspecified atom stereocenters. The molecule has 1 saturated heterocycles. The average Bonchev–Trinajstić information content (AvgIpc) is 2.67. The number of imidazole rings is 1. The van der Waals surface area contributed by atoms with E-state index in [9.17, 15) is 33.9 Å². The van der Waals surface area contributed by atoms with Gasteiger partial charge in [-0.1, -0.05) is 106 Å². The first-order chi connectivity index (χ1) is 42.0. The number of likely N-dealkylation sites (tertiary alicyclic amines) is 1. The number of phenols is 1. The Balaban J connectivity index is 0.824. The van der Waals surface area contributed by atoms with Crippen molar-refractivity contribution in [2.24, 2.45) is 11.8 Å². The number of hydrogen-bond donors (Lipinski definition) is 8. The van der Waals surface area contributed by atoms with Crippen LogP contribution in [0.1, 0.15) is 162 Å². The molecule has 5 aromatic rings. The highest BCUT2D eigenvalue weighted by Crippen LogP contribution is 2.36. The summed E-state index contributed by atoms with van der Waals surface area (Å²) in [5, 5.41) is 28.1. The van der Waals surface area contributed by atoms with Crippen LogP contribution in [0.3, 0.4) is 0 Å². The lowest BCUT2D eigenvalue weighted by Crippen LogP contribution is -2.58. The van der Waals surface area contributed by atoms with E-state index in [4.69, 9.17) is 20.2 Å². The molecule has 22 nitrogen and oxygen atoms in total. The number of nitrogen functional groups attached to an aromatic ring is 1. The average molecular weight is 1260 g/mol. The fourth-order valence-electron chi connectivity index (χ4n) is 11.0. The van der Waals surface area contributed by atoms with Crippen LogP contribution in [0.25, 0.3) is 11.2 Å². The second-order valence-corrected chi connectivity index (χ2v) is 26.5. The van der Waals surface area contributed by atoms with Gasteiger partial charge in [-0.15, -0.1) is 11.3 Å². The highest BCUT2D eigenvalue weighted by Gasteiger charge is 2.39. The van der Waals surface area contributed by atoms with Crippen molar-refractivity contribution in [3.05, 3.63) is 87.1 Å². The van der Waals surface area contributed by atoms with Gasteiger partial charge in [0.1, 0.15) is 35.2 Å². The molecule has 0 saturated carbocycles. The summed E-state index contributed by atoms with van der Waals surface area (Å²) in [5.74, 6) is 0.00623. The van der Waals surface area contributed by atoms with Crippen molar-refractivity contribution >= 4 is 85.5 Å². The van der Waals surface area contributed by atoms with Gasteiger partial charge in [-0.05, 0) is 105 Å². The van der Waals surface area contributed by atoms with Crippen molar-refractivity contribution in [1.29, 1.82) is 0 Å². The summed E-state index contributed by atoms with van der Waals surface area (Å²) >= 11 is 1.35. The highest BCUT2D eigenvalue weighted by molar-refractivity contribution is 8.76. The molecule has 1 aliphatic carbocycles. The number of aromatic amines is 1. The molecule has 6 amide bonds. The number of nitrogens with one attached hydrogen (secondary N) is 6. The molecule has 1 aliphatic heterocycles. The SMILES string of the molecule is CCCO[C@H](C[C@H](C(C)C)N(CCC)C(=O)[C@@H](NC(=O)[C@H]1CCCCN1C)[C@@H](C)CC)c1nc(C(=O)N[C@H]2Cc3ccc(O)cc3[C@H](C(=O)NCCSSCCNC(=O)CCCC(=O)NCc3ccc(COc4nc(N)nc5[nH]cnc45)cc3)C2)cs1. The molecule has 4 heterocycles. The molecule has 3 aromatic heterocycles. The third kappa shape index (κ3) is 20.0. The number of H-pyrrole nitrogens is 1. The lowest BCUT2D eigenvalue weighted by Gasteiger charge is -2.40. The number of benzene rings is 2. The van der Waals surface area contributed by atoms with Gasteiger partial charge in [-0.3, -0.25) is 33.7 Å². The monoisotopic (exact) mass is 1260 g/mol. The minimum absolute atomic E-state index is 0.0406. The van der Waals surface area contributed by atoms with Gasteiger partial charge in [-0.2, -0.15) is 9.97 Å². The lowest BCUT2D eigenvalue weighted by molar-refractivity contribution is -0.143. The van der Waals surface area contributed by atoms with Crippen LogP contribution >= 0.6 is 32.9 Å². The van der Waals surface area contributed by atoms with Gasteiger partial charge >= 0.3 is 0 Å². The van der Waals surface area contributed by atoms with E-state index >= 15 is 0 Å². The van der Waals surface area contributed by atoms with Crippen molar-refractivity contribution in [2.45, 2.75) is 168 Å². The number of rotatable bonds is 34. The first-order valence-electron chi connectivity index (χ1n) is 30.7. The molecule has 1 fully saturated rings. The summed E-state index contributed by atoms with van der Waals surface area (Å²) in [6.07, 6.45) is 8.12. The number of ether oxygens (including phenoxy) is 2. The van der Waals surface area contributed by atoms with E-state index in [0.29, 0.717) is 86.1 Å². The number of aromatic nitrogens is 5. The van der Waals surface area contributed by atoms with Crippen molar-refractivity contribution in [3.63, 3.8) is 0 Å². The Morgan fingerprint density at radius 3 is 2.36 bits per heavy atom. The number of piperidine rings is 1. The second kappa shape index (κ2) is 34.3. The zero-order chi connectivity index (χ0) is 62.4. The third-order valence-corrected chi connectivity index (χ3v) is 19.3. The van der Waals surface area contributed by atoms with Crippen molar-refractivity contribution in [3.8, 4) is 11.6 Å². The number of nitrogens with zero attached hydrogens (tertiary/aromatic N) is 6. The lowest BCUT2D eigenvalue weighted by atomic mass is 9.79. The first-order valence-corrected chi connectivity index (χ1v) is 34.1. The summed E-state index contributed by atoms with van der Waals surface area (Å²) in [5.41, 5.74) is 10.4. The number of hydrogen-bond acceptors (Lipinski definition) is 18. The predicted octanol–water partition coefficient (Wildman–Crippen LogP) is 7.74. The largest absolute Gasteiger partial charge is 0.508 e. The Morgan fingerprint density at radius 1 is 0.908 bits per heavy atom. The van der Waals surface area contributed by atoms with Crippen LogP contribution in [-0.4, -0.2) is 151 Å². The fraction of sp³-hybridized carbons (Fsp3) is 0.581. The maximum atomic E-state index is 14.8. The van der Waals surface area contributed by atoms with Gasteiger partial charge in [0.05, 0.1) is 18.3 Å². The number of carbonyl (C=O) groups is 6. The summed E-state index contributed by atoms with van der Waals surface area (Å²) in [6, 6.07) is 11.1. The van der Waals surface area contributed by atoms with E-state index in [0.717, 1.165) is 67.3 Å². The number of aromatic hydroxyl groups is 1. The number of amides is 6. The zero-order valence-electron chi connectivity index (χ0n) is 51.4. The number of thiazole rings is 1. The Morgan fingerprint density at radius 2 is 1.64 bits per heavy atom. The van der Waals surface area contributed by atoms with Crippen LogP contribution in [0, 0.1) is 11.8 Å². The van der Waals surface area contributed by atoms with E-state index in [-0.39, 0.29) is 102 Å². The van der Waals surface area contributed by atoms with Crippen molar-refractivity contribution in [2.75, 3.05) is 57.1 Å². The smallest absolute Gasteiger partial charge is 0.270 e. The Bertz CT molecular complexity index is 3060. The number of nitrogens with two attached hydrogens (primary N) is 1. The Labute approximate surface area is 523 Å². The molecule has 0 spiro atoms. The van der Waals surface area contributed by atoms with Gasteiger partial charge < -0.3 is 56.8 Å². The minimum atomic E-state index is -0.678. The van der Waals surface area contributed by atoms with E-state index in [1.54, 1.807) is 45.2 Å².